The fourth-order valence-electron chi connectivity index (χ4n) is 1.91. The third kappa shape index (κ3) is 2.58. The molecule has 0 fully saturated rings. The van der Waals surface area contributed by atoms with Gasteiger partial charge in [-0.1, -0.05) is 32.4 Å². The molecular formula is C14H14ClN3S. The minimum absolute atomic E-state index is 0.0838. The molecule has 0 saturated heterocycles. The van der Waals surface area contributed by atoms with Crippen molar-refractivity contribution in [2.75, 3.05) is 0 Å². The molecule has 0 aliphatic carbocycles. The van der Waals surface area contributed by atoms with Gasteiger partial charge in [-0.2, -0.15) is 5.26 Å². The Kier molecular flexibility index (Phi) is 3.53. The van der Waals surface area contributed by atoms with E-state index in [1.807, 2.05) is 10.8 Å². The first-order valence-corrected chi connectivity index (χ1v) is 6.64. The van der Waals surface area contributed by atoms with Crippen LogP contribution < -0.4 is 0 Å². The molecule has 0 amide bonds. The number of hydrogen-bond acceptors (Lipinski definition) is 2. The van der Waals surface area contributed by atoms with Gasteiger partial charge in [0.05, 0.1) is 22.3 Å². The van der Waals surface area contributed by atoms with Crippen molar-refractivity contribution in [3.63, 3.8) is 0 Å². The normalized spacial score (nSPS) is 11.3. The van der Waals surface area contributed by atoms with Crippen LogP contribution in [0.5, 0.6) is 0 Å². The van der Waals surface area contributed by atoms with Gasteiger partial charge in [0.2, 0.25) is 0 Å². The maximum atomic E-state index is 9.01. The molecule has 98 valence electrons. The number of aromatic nitrogens is 2. The van der Waals surface area contributed by atoms with E-state index in [9.17, 15) is 0 Å². The number of H-pyrrole nitrogens is 1. The first kappa shape index (κ1) is 13.9. The van der Waals surface area contributed by atoms with Crippen LogP contribution in [0.4, 0.5) is 0 Å². The van der Waals surface area contributed by atoms with Crippen molar-refractivity contribution in [3.05, 3.63) is 45.4 Å². The zero-order valence-electron chi connectivity index (χ0n) is 11.0. The zero-order chi connectivity index (χ0) is 14.2. The molecule has 0 bridgehead atoms. The Labute approximate surface area is 122 Å². The van der Waals surface area contributed by atoms with Crippen LogP contribution in [0.3, 0.4) is 0 Å². The fourth-order valence-corrected chi connectivity index (χ4v) is 2.37. The summed E-state index contributed by atoms with van der Waals surface area (Å²) in [5, 5.41) is 9.58. The van der Waals surface area contributed by atoms with Crippen LogP contribution in [0.25, 0.3) is 5.69 Å². The SMILES string of the molecule is CC(C)(C)c1c[nH]c(=S)n1-c1cc(C#N)ccc1Cl. The second kappa shape index (κ2) is 4.84. The average Bonchev–Trinajstić information content (AvgIpc) is 2.71. The van der Waals surface area contributed by atoms with E-state index in [2.05, 4.69) is 31.8 Å². The van der Waals surface area contributed by atoms with Crippen molar-refractivity contribution in [2.45, 2.75) is 26.2 Å². The van der Waals surface area contributed by atoms with Gasteiger partial charge in [0.15, 0.2) is 4.77 Å². The first-order valence-electron chi connectivity index (χ1n) is 5.85. The van der Waals surface area contributed by atoms with E-state index < -0.39 is 0 Å². The number of aromatic amines is 1. The maximum Gasteiger partial charge on any atom is 0.182 e. The number of rotatable bonds is 1. The Morgan fingerprint density at radius 3 is 2.63 bits per heavy atom. The topological polar surface area (TPSA) is 44.5 Å². The molecule has 1 heterocycles. The van der Waals surface area contributed by atoms with Crippen LogP contribution in [0.1, 0.15) is 32.0 Å². The second-order valence-electron chi connectivity index (χ2n) is 5.34. The lowest BCUT2D eigenvalue weighted by Crippen LogP contribution is -2.17. The molecule has 0 atom stereocenters. The molecule has 0 aliphatic heterocycles. The molecule has 0 radical (unpaired) electrons. The van der Waals surface area contributed by atoms with Crippen LogP contribution in [0.15, 0.2) is 24.4 Å². The summed E-state index contributed by atoms with van der Waals surface area (Å²) in [5.74, 6) is 0. The van der Waals surface area contributed by atoms with Gasteiger partial charge < -0.3 is 4.98 Å². The van der Waals surface area contributed by atoms with Gasteiger partial charge >= 0.3 is 0 Å². The van der Waals surface area contributed by atoms with Crippen LogP contribution in [-0.2, 0) is 5.41 Å². The molecule has 2 aromatic rings. The van der Waals surface area contributed by atoms with E-state index in [4.69, 9.17) is 29.1 Å². The summed E-state index contributed by atoms with van der Waals surface area (Å²) in [5.41, 5.74) is 2.23. The van der Waals surface area contributed by atoms with Gasteiger partial charge in [-0.25, -0.2) is 0 Å². The van der Waals surface area contributed by atoms with Crippen molar-refractivity contribution < 1.29 is 0 Å². The molecule has 2 rings (SSSR count). The fraction of sp³-hybridized carbons (Fsp3) is 0.286. The number of benzene rings is 1. The minimum atomic E-state index is -0.0838. The maximum absolute atomic E-state index is 9.01. The van der Waals surface area contributed by atoms with Gasteiger partial charge in [0.1, 0.15) is 0 Å². The van der Waals surface area contributed by atoms with E-state index in [0.717, 1.165) is 11.4 Å². The Balaban J connectivity index is 2.77. The summed E-state index contributed by atoms with van der Waals surface area (Å²) in [7, 11) is 0. The van der Waals surface area contributed by atoms with Crippen LogP contribution in [-0.4, -0.2) is 9.55 Å². The quantitative estimate of drug-likeness (QED) is 0.794. The van der Waals surface area contributed by atoms with E-state index in [1.54, 1.807) is 18.2 Å². The Bertz CT molecular complexity index is 714. The van der Waals surface area contributed by atoms with E-state index in [1.165, 1.54) is 0 Å². The summed E-state index contributed by atoms with van der Waals surface area (Å²) in [6.45, 7) is 6.30. The first-order chi connectivity index (χ1) is 8.84. The van der Waals surface area contributed by atoms with Gasteiger partial charge in [-0.05, 0) is 30.4 Å². The van der Waals surface area contributed by atoms with E-state index >= 15 is 0 Å². The lowest BCUT2D eigenvalue weighted by Gasteiger charge is -2.21. The molecule has 3 nitrogen and oxygen atoms in total. The average molecular weight is 292 g/mol. The predicted octanol–water partition coefficient (Wildman–Crippen LogP) is 4.36. The Hall–Kier alpha value is -1.57. The number of imidazole rings is 1. The highest BCUT2D eigenvalue weighted by Crippen LogP contribution is 2.29. The third-order valence-corrected chi connectivity index (χ3v) is 3.48. The van der Waals surface area contributed by atoms with Crippen molar-refractivity contribution in [3.8, 4) is 11.8 Å². The summed E-state index contributed by atoms with van der Waals surface area (Å²) >= 11 is 11.6. The predicted molar refractivity (Wildman–Crippen MR) is 79.4 cm³/mol. The number of hydrogen-bond donors (Lipinski definition) is 1. The standard InChI is InChI=1S/C14H14ClN3S/c1-14(2,3)12-8-17-13(19)18(12)11-6-9(7-16)4-5-10(11)15/h4-6,8H,1-3H3,(H,17,19). The summed E-state index contributed by atoms with van der Waals surface area (Å²) in [6.07, 6.45) is 1.89. The third-order valence-electron chi connectivity index (χ3n) is 2.86. The Morgan fingerprint density at radius 1 is 1.37 bits per heavy atom. The number of nitrogens with zero attached hydrogens (tertiary/aromatic N) is 2. The van der Waals surface area contributed by atoms with Crippen molar-refractivity contribution in [1.82, 2.24) is 9.55 Å². The molecule has 5 heteroatoms. The second-order valence-corrected chi connectivity index (χ2v) is 6.14. The van der Waals surface area contributed by atoms with Gasteiger partial charge in [0.25, 0.3) is 0 Å². The highest BCUT2D eigenvalue weighted by atomic mass is 35.5. The van der Waals surface area contributed by atoms with Crippen LogP contribution in [0.2, 0.25) is 5.02 Å². The largest absolute Gasteiger partial charge is 0.337 e. The van der Waals surface area contributed by atoms with Gasteiger partial charge in [0, 0.05) is 17.3 Å². The molecule has 0 aliphatic rings. The molecule has 19 heavy (non-hydrogen) atoms. The molecule has 1 aromatic carbocycles. The van der Waals surface area contributed by atoms with Crippen molar-refractivity contribution in [1.29, 1.82) is 5.26 Å². The number of nitriles is 1. The number of halogens is 1. The molecule has 0 spiro atoms. The van der Waals surface area contributed by atoms with Gasteiger partial charge in [-0.15, -0.1) is 0 Å². The monoisotopic (exact) mass is 291 g/mol. The molecule has 0 unspecified atom stereocenters. The highest BCUT2D eigenvalue weighted by molar-refractivity contribution is 7.71. The summed E-state index contributed by atoms with van der Waals surface area (Å²) < 4.78 is 2.46. The van der Waals surface area contributed by atoms with E-state index in [0.29, 0.717) is 15.4 Å². The summed E-state index contributed by atoms with van der Waals surface area (Å²) in [6, 6.07) is 7.28. The molecule has 1 N–H and O–H groups in total. The smallest absolute Gasteiger partial charge is 0.182 e. The van der Waals surface area contributed by atoms with E-state index in [-0.39, 0.29) is 5.41 Å². The van der Waals surface area contributed by atoms with Crippen LogP contribution >= 0.6 is 23.8 Å². The molecule has 0 saturated carbocycles. The minimum Gasteiger partial charge on any atom is -0.337 e. The van der Waals surface area contributed by atoms with Crippen molar-refractivity contribution in [2.24, 2.45) is 0 Å². The summed E-state index contributed by atoms with van der Waals surface area (Å²) in [4.78, 5) is 3.04. The highest BCUT2D eigenvalue weighted by Gasteiger charge is 2.21. The van der Waals surface area contributed by atoms with Gasteiger partial charge in [-0.3, -0.25) is 4.57 Å². The lowest BCUT2D eigenvalue weighted by atomic mass is 9.92. The van der Waals surface area contributed by atoms with Crippen molar-refractivity contribution >= 4 is 23.8 Å². The number of nitrogens with one attached hydrogen (secondary N) is 1. The van der Waals surface area contributed by atoms with Crippen LogP contribution in [0, 0.1) is 16.1 Å². The lowest BCUT2D eigenvalue weighted by molar-refractivity contribution is 0.556. The molecule has 1 aromatic heterocycles. The Morgan fingerprint density at radius 2 is 2.05 bits per heavy atom. The zero-order valence-corrected chi connectivity index (χ0v) is 12.6. The molecular weight excluding hydrogens is 278 g/mol.